The van der Waals surface area contributed by atoms with E-state index >= 15 is 0 Å². The van der Waals surface area contributed by atoms with Gasteiger partial charge in [0.15, 0.2) is 5.78 Å². The molecule has 1 aromatic heterocycles. The van der Waals surface area contributed by atoms with Crippen molar-refractivity contribution in [1.82, 2.24) is 9.55 Å². The molecule has 0 saturated heterocycles. The highest BCUT2D eigenvalue weighted by Crippen LogP contribution is 2.16. The molecule has 2 aromatic carbocycles. The van der Waals surface area contributed by atoms with E-state index in [0.717, 1.165) is 17.1 Å². The Hall–Kier alpha value is -3.34. The molecule has 3 rings (SSSR count). The molecule has 0 spiro atoms. The van der Waals surface area contributed by atoms with Gasteiger partial charge in [0.2, 0.25) is 0 Å². The van der Waals surface area contributed by atoms with Crippen LogP contribution in [0.5, 0.6) is 11.5 Å². The topological polar surface area (TPSA) is 53.4 Å². The summed E-state index contributed by atoms with van der Waals surface area (Å²) in [6, 6.07) is 14.6. The minimum atomic E-state index is -0.0588. The van der Waals surface area contributed by atoms with Gasteiger partial charge >= 0.3 is 0 Å². The number of imidazole rings is 1. The molecule has 0 bridgehead atoms. The highest BCUT2D eigenvalue weighted by molar-refractivity contribution is 6.06. The number of aryl methyl sites for hydroxylation is 1. The van der Waals surface area contributed by atoms with Gasteiger partial charge in [-0.3, -0.25) is 4.79 Å². The zero-order valence-corrected chi connectivity index (χ0v) is 14.8. The molecule has 0 atom stereocenters. The van der Waals surface area contributed by atoms with Crippen LogP contribution < -0.4 is 9.47 Å². The molecule has 0 aliphatic carbocycles. The van der Waals surface area contributed by atoms with E-state index in [0.29, 0.717) is 17.9 Å². The average molecular weight is 348 g/mol. The van der Waals surface area contributed by atoms with Gasteiger partial charge < -0.3 is 14.0 Å². The van der Waals surface area contributed by atoms with Gasteiger partial charge in [0.05, 0.1) is 7.11 Å². The number of carbonyl (C=O) groups excluding carboxylic acids is 1. The maximum Gasteiger partial charge on any atom is 0.185 e. The minimum Gasteiger partial charge on any atom is -0.497 e. The largest absolute Gasteiger partial charge is 0.497 e. The van der Waals surface area contributed by atoms with Crippen molar-refractivity contribution in [1.29, 1.82) is 0 Å². The third kappa shape index (κ3) is 4.39. The van der Waals surface area contributed by atoms with Crippen LogP contribution in [0.15, 0.2) is 67.0 Å². The van der Waals surface area contributed by atoms with Crippen molar-refractivity contribution in [3.63, 3.8) is 0 Å². The van der Waals surface area contributed by atoms with Crippen LogP contribution in [0.25, 0.3) is 6.08 Å². The van der Waals surface area contributed by atoms with E-state index in [4.69, 9.17) is 9.47 Å². The fraction of sp³-hybridized carbons (Fsp3) is 0.143. The molecule has 0 aliphatic heterocycles. The number of carbonyl (C=O) groups is 1. The molecule has 3 aromatic rings. The summed E-state index contributed by atoms with van der Waals surface area (Å²) in [5.74, 6) is 2.27. The van der Waals surface area contributed by atoms with Gasteiger partial charge in [-0.15, -0.1) is 0 Å². The van der Waals surface area contributed by atoms with Crippen LogP contribution in [0, 0.1) is 0 Å². The lowest BCUT2D eigenvalue weighted by atomic mass is 10.1. The van der Waals surface area contributed by atoms with Gasteiger partial charge in [0.25, 0.3) is 0 Å². The third-order valence-corrected chi connectivity index (χ3v) is 3.97. The van der Waals surface area contributed by atoms with Crippen LogP contribution >= 0.6 is 0 Å². The van der Waals surface area contributed by atoms with Crippen LogP contribution in [0.2, 0.25) is 0 Å². The Morgan fingerprint density at radius 1 is 1.08 bits per heavy atom. The normalized spacial score (nSPS) is 10.8. The zero-order valence-electron chi connectivity index (χ0n) is 14.8. The van der Waals surface area contributed by atoms with E-state index in [1.165, 1.54) is 0 Å². The molecule has 0 unspecified atom stereocenters. The molecule has 0 radical (unpaired) electrons. The number of benzene rings is 2. The van der Waals surface area contributed by atoms with E-state index < -0.39 is 0 Å². The first kappa shape index (κ1) is 17.5. The first-order valence-electron chi connectivity index (χ1n) is 8.21. The highest BCUT2D eigenvalue weighted by Gasteiger charge is 2.04. The predicted molar refractivity (Wildman–Crippen MR) is 100 cm³/mol. The van der Waals surface area contributed by atoms with Crippen LogP contribution in [0.4, 0.5) is 0 Å². The van der Waals surface area contributed by atoms with Gasteiger partial charge in [0.1, 0.15) is 23.9 Å². The Morgan fingerprint density at radius 3 is 2.38 bits per heavy atom. The van der Waals surface area contributed by atoms with Gasteiger partial charge in [-0.05, 0) is 48.0 Å². The van der Waals surface area contributed by atoms with E-state index in [1.54, 1.807) is 49.7 Å². The molecule has 0 amide bonds. The number of nitrogens with zero attached hydrogens (tertiary/aromatic N) is 2. The van der Waals surface area contributed by atoms with Gasteiger partial charge in [-0.1, -0.05) is 18.2 Å². The van der Waals surface area contributed by atoms with E-state index in [1.807, 2.05) is 42.1 Å². The van der Waals surface area contributed by atoms with Crippen molar-refractivity contribution in [2.24, 2.45) is 7.05 Å². The van der Waals surface area contributed by atoms with Crippen LogP contribution in [0.1, 0.15) is 21.7 Å². The summed E-state index contributed by atoms with van der Waals surface area (Å²) in [5.41, 5.74) is 1.55. The Balaban J connectivity index is 1.59. The molecular weight excluding hydrogens is 328 g/mol. The molecule has 0 saturated carbocycles. The first-order chi connectivity index (χ1) is 12.7. The van der Waals surface area contributed by atoms with E-state index in [9.17, 15) is 4.79 Å². The van der Waals surface area contributed by atoms with Crippen LogP contribution in [-0.2, 0) is 13.7 Å². The molecule has 0 aliphatic rings. The van der Waals surface area contributed by atoms with Crippen molar-refractivity contribution in [3.05, 3.63) is 84.0 Å². The fourth-order valence-corrected chi connectivity index (χ4v) is 2.38. The number of hydrogen-bond donors (Lipinski definition) is 0. The van der Waals surface area contributed by atoms with Crippen molar-refractivity contribution in [2.45, 2.75) is 6.61 Å². The van der Waals surface area contributed by atoms with Gasteiger partial charge in [0, 0.05) is 25.0 Å². The van der Waals surface area contributed by atoms with Crippen molar-refractivity contribution in [3.8, 4) is 11.5 Å². The van der Waals surface area contributed by atoms with Gasteiger partial charge in [-0.2, -0.15) is 0 Å². The summed E-state index contributed by atoms with van der Waals surface area (Å²) in [7, 11) is 3.54. The molecule has 5 heteroatoms. The zero-order chi connectivity index (χ0) is 18.4. The Morgan fingerprint density at radius 2 is 1.77 bits per heavy atom. The molecule has 0 N–H and O–H groups in total. The summed E-state index contributed by atoms with van der Waals surface area (Å²) in [6.45, 7) is 0.383. The second-order valence-corrected chi connectivity index (χ2v) is 5.74. The number of ether oxygens (including phenoxy) is 2. The number of allylic oxidation sites excluding steroid dienone is 1. The summed E-state index contributed by atoms with van der Waals surface area (Å²) in [6.07, 6.45) is 6.95. The molecule has 5 nitrogen and oxygen atoms in total. The van der Waals surface area contributed by atoms with Crippen LogP contribution in [-0.4, -0.2) is 22.4 Å². The minimum absolute atomic E-state index is 0.0588. The monoisotopic (exact) mass is 348 g/mol. The maximum absolute atomic E-state index is 12.3. The molecule has 0 fully saturated rings. The lowest BCUT2D eigenvalue weighted by molar-refractivity contribution is 0.104. The van der Waals surface area contributed by atoms with Crippen LogP contribution in [0.3, 0.4) is 0 Å². The SMILES string of the molecule is COc1ccc(/C=C/C(=O)c2ccc(OCc3nccn3C)cc2)cc1. The highest BCUT2D eigenvalue weighted by atomic mass is 16.5. The number of rotatable bonds is 7. The fourth-order valence-electron chi connectivity index (χ4n) is 2.38. The van der Waals surface area contributed by atoms with Crippen molar-refractivity contribution < 1.29 is 14.3 Å². The smallest absolute Gasteiger partial charge is 0.185 e. The molecule has 1 heterocycles. The predicted octanol–water partition coefficient (Wildman–Crippen LogP) is 3.90. The second-order valence-electron chi connectivity index (χ2n) is 5.74. The second kappa shape index (κ2) is 8.16. The lowest BCUT2D eigenvalue weighted by Gasteiger charge is -2.06. The standard InChI is InChI=1S/C21H20N2O3/c1-23-14-13-22-21(23)15-26-19-10-6-17(7-11-19)20(24)12-5-16-3-8-18(25-2)9-4-16/h3-14H,15H2,1-2H3/b12-5+. The number of methoxy groups -OCH3 is 1. The van der Waals surface area contributed by atoms with Crippen molar-refractivity contribution in [2.75, 3.05) is 7.11 Å². The summed E-state index contributed by atoms with van der Waals surface area (Å²) >= 11 is 0. The lowest BCUT2D eigenvalue weighted by Crippen LogP contribution is -2.03. The Bertz CT molecular complexity index is 894. The number of aromatic nitrogens is 2. The summed E-state index contributed by atoms with van der Waals surface area (Å²) in [4.78, 5) is 16.5. The molecule has 132 valence electrons. The third-order valence-electron chi connectivity index (χ3n) is 3.97. The summed E-state index contributed by atoms with van der Waals surface area (Å²) in [5, 5.41) is 0. The molecule has 26 heavy (non-hydrogen) atoms. The molecular formula is C21H20N2O3. The number of hydrogen-bond acceptors (Lipinski definition) is 4. The summed E-state index contributed by atoms with van der Waals surface area (Å²) < 4.78 is 12.7. The quantitative estimate of drug-likeness (QED) is 0.480. The Labute approximate surface area is 152 Å². The van der Waals surface area contributed by atoms with E-state index in [2.05, 4.69) is 4.98 Å². The van der Waals surface area contributed by atoms with Gasteiger partial charge in [-0.25, -0.2) is 4.98 Å². The average Bonchev–Trinajstić information content (AvgIpc) is 3.10. The Kier molecular flexibility index (Phi) is 5.49. The van der Waals surface area contributed by atoms with E-state index in [-0.39, 0.29) is 5.78 Å². The number of ketones is 1. The van der Waals surface area contributed by atoms with Crippen molar-refractivity contribution >= 4 is 11.9 Å². The first-order valence-corrected chi connectivity index (χ1v) is 8.21. The maximum atomic E-state index is 12.3.